The van der Waals surface area contributed by atoms with Crippen LogP contribution in [-0.4, -0.2) is 43.6 Å². The summed E-state index contributed by atoms with van der Waals surface area (Å²) in [7, 11) is 2.02. The number of aromatic nitrogens is 1. The molecule has 0 atom stereocenters. The number of carbonyl (C=O) groups is 2. The molecule has 1 amide bonds. The summed E-state index contributed by atoms with van der Waals surface area (Å²) >= 11 is 0. The van der Waals surface area contributed by atoms with Crippen LogP contribution in [0.1, 0.15) is 39.9 Å². The predicted octanol–water partition coefficient (Wildman–Crippen LogP) is 2.82. The number of nitrogens with one attached hydrogen (secondary N) is 1. The molecule has 0 bridgehead atoms. The van der Waals surface area contributed by atoms with Crippen LogP contribution in [0.25, 0.3) is 0 Å². The van der Waals surface area contributed by atoms with Gasteiger partial charge in [0, 0.05) is 25.8 Å². The number of benzene rings is 1. The van der Waals surface area contributed by atoms with Gasteiger partial charge >= 0.3 is 5.97 Å². The number of amides is 1. The molecule has 0 radical (unpaired) electrons. The number of hydrogen-bond acceptors (Lipinski definition) is 5. The molecule has 2 aromatic rings. The van der Waals surface area contributed by atoms with Gasteiger partial charge in [-0.15, -0.1) is 0 Å². The number of ether oxygens (including phenoxy) is 1. The van der Waals surface area contributed by atoms with Crippen molar-refractivity contribution in [3.63, 3.8) is 0 Å². The van der Waals surface area contributed by atoms with E-state index in [9.17, 15) is 9.59 Å². The minimum Gasteiger partial charge on any atom is -0.462 e. The van der Waals surface area contributed by atoms with E-state index < -0.39 is 5.97 Å². The van der Waals surface area contributed by atoms with Crippen molar-refractivity contribution in [3.8, 4) is 0 Å². The van der Waals surface area contributed by atoms with Gasteiger partial charge in [0.05, 0.1) is 17.9 Å². The van der Waals surface area contributed by atoms with Gasteiger partial charge < -0.3 is 15.0 Å². The second-order valence-corrected chi connectivity index (χ2v) is 5.92. The lowest BCUT2D eigenvalue weighted by Gasteiger charge is -2.19. The molecule has 0 saturated heterocycles. The van der Waals surface area contributed by atoms with Crippen LogP contribution in [0.3, 0.4) is 0 Å². The third-order valence-electron chi connectivity index (χ3n) is 3.97. The Balaban J connectivity index is 1.82. The van der Waals surface area contributed by atoms with Gasteiger partial charge in [0.1, 0.15) is 5.69 Å². The Labute approximate surface area is 154 Å². The van der Waals surface area contributed by atoms with Crippen molar-refractivity contribution in [1.82, 2.24) is 10.3 Å². The summed E-state index contributed by atoms with van der Waals surface area (Å²) in [6.07, 6.45) is 0.816. The van der Waals surface area contributed by atoms with Crippen molar-refractivity contribution < 1.29 is 14.3 Å². The van der Waals surface area contributed by atoms with E-state index in [1.54, 1.807) is 26.0 Å². The fraction of sp³-hybridized carbons (Fsp3) is 0.350. The number of nitrogens with zero attached hydrogens (tertiary/aromatic N) is 2. The highest BCUT2D eigenvalue weighted by Crippen LogP contribution is 2.11. The third-order valence-corrected chi connectivity index (χ3v) is 3.97. The smallest absolute Gasteiger partial charge is 0.339 e. The first kappa shape index (κ1) is 19.4. The Kier molecular flexibility index (Phi) is 7.14. The van der Waals surface area contributed by atoms with E-state index in [1.807, 2.05) is 25.2 Å². The number of anilines is 1. The Morgan fingerprint density at radius 2 is 1.88 bits per heavy atom. The number of hydrogen-bond donors (Lipinski definition) is 1. The maximum Gasteiger partial charge on any atom is 0.339 e. The molecule has 0 aliphatic carbocycles. The summed E-state index contributed by atoms with van der Waals surface area (Å²) in [6.45, 7) is 5.13. The van der Waals surface area contributed by atoms with E-state index in [4.69, 9.17) is 4.74 Å². The first-order valence-electron chi connectivity index (χ1n) is 8.72. The average Bonchev–Trinajstić information content (AvgIpc) is 2.65. The number of carbonyl (C=O) groups excluding carboxylic acids is 2. The van der Waals surface area contributed by atoms with Gasteiger partial charge in [-0.2, -0.15) is 0 Å². The first-order chi connectivity index (χ1) is 12.5. The molecular formula is C20H25N3O3. The van der Waals surface area contributed by atoms with Crippen molar-refractivity contribution in [3.05, 3.63) is 59.4 Å². The zero-order valence-electron chi connectivity index (χ0n) is 15.5. The summed E-state index contributed by atoms with van der Waals surface area (Å²) in [5, 5.41) is 2.86. The van der Waals surface area contributed by atoms with Gasteiger partial charge in [-0.25, -0.2) is 9.78 Å². The molecule has 1 aromatic carbocycles. The molecule has 0 fully saturated rings. The third kappa shape index (κ3) is 5.31. The maximum atomic E-state index is 12.2. The summed E-state index contributed by atoms with van der Waals surface area (Å²) < 4.78 is 4.96. The summed E-state index contributed by atoms with van der Waals surface area (Å²) in [4.78, 5) is 30.3. The molecule has 6 heteroatoms. The van der Waals surface area contributed by atoms with Gasteiger partial charge in [-0.1, -0.05) is 18.2 Å². The van der Waals surface area contributed by atoms with E-state index in [0.717, 1.165) is 18.7 Å². The molecule has 0 saturated carbocycles. The van der Waals surface area contributed by atoms with Crippen molar-refractivity contribution in [2.24, 2.45) is 0 Å². The lowest BCUT2D eigenvalue weighted by molar-refractivity contribution is 0.0524. The molecule has 1 N–H and O–H groups in total. The highest BCUT2D eigenvalue weighted by molar-refractivity contribution is 5.95. The first-order valence-corrected chi connectivity index (χ1v) is 8.72. The van der Waals surface area contributed by atoms with Crippen molar-refractivity contribution in [1.29, 1.82) is 0 Å². The molecule has 0 aliphatic rings. The van der Waals surface area contributed by atoms with Crippen LogP contribution in [0.2, 0.25) is 0 Å². The van der Waals surface area contributed by atoms with E-state index in [0.29, 0.717) is 30.1 Å². The van der Waals surface area contributed by atoms with Gasteiger partial charge in [-0.05, 0) is 44.5 Å². The fourth-order valence-electron chi connectivity index (χ4n) is 2.53. The molecule has 2 rings (SSSR count). The second kappa shape index (κ2) is 9.56. The van der Waals surface area contributed by atoms with Crippen molar-refractivity contribution in [2.45, 2.75) is 20.3 Å². The molecule has 0 aliphatic heterocycles. The molecule has 0 spiro atoms. The van der Waals surface area contributed by atoms with E-state index in [-0.39, 0.29) is 5.91 Å². The number of aryl methyl sites for hydroxylation is 1. The van der Waals surface area contributed by atoms with Crippen LogP contribution in [0.4, 0.5) is 5.69 Å². The van der Waals surface area contributed by atoms with Gasteiger partial charge in [-0.3, -0.25) is 4.79 Å². The minimum absolute atomic E-state index is 0.245. The number of esters is 1. The molecule has 1 aromatic heterocycles. The number of para-hydroxylation sites is 1. The standard InChI is InChI=1S/C20H25N3O3/c1-4-26-20(25)17-11-12-18(22-15(17)2)19(24)21-13-8-14-23(3)16-9-6-5-7-10-16/h5-7,9-12H,4,8,13-14H2,1-3H3,(H,21,24). The van der Waals surface area contributed by atoms with Gasteiger partial charge in [0.25, 0.3) is 5.91 Å². The highest BCUT2D eigenvalue weighted by atomic mass is 16.5. The van der Waals surface area contributed by atoms with Gasteiger partial charge in [0.2, 0.25) is 0 Å². The van der Waals surface area contributed by atoms with E-state index in [2.05, 4.69) is 27.3 Å². The van der Waals surface area contributed by atoms with Crippen LogP contribution < -0.4 is 10.2 Å². The normalized spacial score (nSPS) is 10.3. The van der Waals surface area contributed by atoms with Crippen LogP contribution >= 0.6 is 0 Å². The minimum atomic E-state index is -0.423. The summed E-state index contributed by atoms with van der Waals surface area (Å²) in [5.41, 5.74) is 2.31. The second-order valence-electron chi connectivity index (χ2n) is 5.92. The van der Waals surface area contributed by atoms with Gasteiger partial charge in [0.15, 0.2) is 0 Å². The lowest BCUT2D eigenvalue weighted by Crippen LogP contribution is -2.29. The van der Waals surface area contributed by atoms with E-state index in [1.165, 1.54) is 0 Å². The molecular weight excluding hydrogens is 330 g/mol. The lowest BCUT2D eigenvalue weighted by atomic mass is 10.2. The quantitative estimate of drug-likeness (QED) is 0.582. The Hall–Kier alpha value is -2.89. The average molecular weight is 355 g/mol. The summed E-state index contributed by atoms with van der Waals surface area (Å²) in [6, 6.07) is 13.2. The molecule has 6 nitrogen and oxygen atoms in total. The number of pyridine rings is 1. The molecule has 1 heterocycles. The zero-order chi connectivity index (χ0) is 18.9. The zero-order valence-corrected chi connectivity index (χ0v) is 15.5. The van der Waals surface area contributed by atoms with Crippen LogP contribution in [0, 0.1) is 6.92 Å². The largest absolute Gasteiger partial charge is 0.462 e. The molecule has 0 unspecified atom stereocenters. The number of rotatable bonds is 8. The SMILES string of the molecule is CCOC(=O)c1ccc(C(=O)NCCCN(C)c2ccccc2)nc1C. The summed E-state index contributed by atoms with van der Waals surface area (Å²) in [5.74, 6) is -0.667. The fourth-order valence-corrected chi connectivity index (χ4v) is 2.53. The van der Waals surface area contributed by atoms with Crippen molar-refractivity contribution >= 4 is 17.6 Å². The Morgan fingerprint density at radius 1 is 1.15 bits per heavy atom. The van der Waals surface area contributed by atoms with Crippen LogP contribution in [-0.2, 0) is 4.74 Å². The van der Waals surface area contributed by atoms with Crippen LogP contribution in [0.15, 0.2) is 42.5 Å². The predicted molar refractivity (Wildman–Crippen MR) is 102 cm³/mol. The Bertz CT molecular complexity index is 747. The van der Waals surface area contributed by atoms with Crippen LogP contribution in [0.5, 0.6) is 0 Å². The van der Waals surface area contributed by atoms with Crippen molar-refractivity contribution in [2.75, 3.05) is 31.6 Å². The molecule has 26 heavy (non-hydrogen) atoms. The monoisotopic (exact) mass is 355 g/mol. The van der Waals surface area contributed by atoms with E-state index >= 15 is 0 Å². The molecule has 138 valence electrons. The Morgan fingerprint density at radius 3 is 2.54 bits per heavy atom. The topological polar surface area (TPSA) is 71.5 Å². The highest BCUT2D eigenvalue weighted by Gasteiger charge is 2.14. The maximum absolute atomic E-state index is 12.2.